The van der Waals surface area contributed by atoms with E-state index in [9.17, 15) is 9.18 Å². The van der Waals surface area contributed by atoms with Gasteiger partial charge in [0.1, 0.15) is 11.6 Å². The van der Waals surface area contributed by atoms with Gasteiger partial charge in [0.25, 0.3) is 0 Å². The van der Waals surface area contributed by atoms with Crippen molar-refractivity contribution in [1.82, 2.24) is 0 Å². The summed E-state index contributed by atoms with van der Waals surface area (Å²) in [6.07, 6.45) is 0.819. The molecule has 110 valence electrons. The summed E-state index contributed by atoms with van der Waals surface area (Å²) < 4.78 is 18.2. The molecule has 0 heterocycles. The van der Waals surface area contributed by atoms with Crippen LogP contribution in [0.15, 0.2) is 53.4 Å². The summed E-state index contributed by atoms with van der Waals surface area (Å²) in [4.78, 5) is 11.8. The first kappa shape index (κ1) is 15.4. The van der Waals surface area contributed by atoms with E-state index in [2.05, 4.69) is 0 Å². The molecule has 0 aromatic heterocycles. The SMILES string of the molecule is O=C(O)c1cccc(SCCCOc2ccc(F)cc2)c1. The zero-order valence-electron chi connectivity index (χ0n) is 11.3. The third kappa shape index (κ3) is 5.11. The summed E-state index contributed by atoms with van der Waals surface area (Å²) >= 11 is 1.59. The number of hydrogen-bond donors (Lipinski definition) is 1. The predicted molar refractivity (Wildman–Crippen MR) is 80.6 cm³/mol. The van der Waals surface area contributed by atoms with E-state index in [0.717, 1.165) is 17.1 Å². The highest BCUT2D eigenvalue weighted by atomic mass is 32.2. The van der Waals surface area contributed by atoms with Crippen LogP contribution in [0.2, 0.25) is 0 Å². The lowest BCUT2D eigenvalue weighted by molar-refractivity contribution is 0.0696. The normalized spacial score (nSPS) is 10.3. The van der Waals surface area contributed by atoms with E-state index >= 15 is 0 Å². The number of hydrogen-bond acceptors (Lipinski definition) is 3. The summed E-state index contributed by atoms with van der Waals surface area (Å²) in [6, 6.07) is 12.8. The maximum atomic E-state index is 12.7. The molecule has 0 bridgehead atoms. The summed E-state index contributed by atoms with van der Waals surface area (Å²) in [5.74, 6) is 0.271. The van der Waals surface area contributed by atoms with Crippen molar-refractivity contribution < 1.29 is 19.0 Å². The Bertz CT molecular complexity index is 599. The van der Waals surface area contributed by atoms with E-state index in [1.54, 1.807) is 42.1 Å². The molecule has 2 aromatic carbocycles. The minimum absolute atomic E-state index is 0.281. The molecule has 0 fully saturated rings. The average molecular weight is 306 g/mol. The summed E-state index contributed by atoms with van der Waals surface area (Å²) in [5, 5.41) is 8.91. The van der Waals surface area contributed by atoms with Gasteiger partial charge in [0.2, 0.25) is 0 Å². The lowest BCUT2D eigenvalue weighted by atomic mass is 10.2. The Kier molecular flexibility index (Phi) is 5.63. The highest BCUT2D eigenvalue weighted by Crippen LogP contribution is 2.20. The van der Waals surface area contributed by atoms with Crippen molar-refractivity contribution in [2.24, 2.45) is 0 Å². The van der Waals surface area contributed by atoms with Crippen LogP contribution in [0.4, 0.5) is 4.39 Å². The number of carboxylic acid groups (broad SMARTS) is 1. The van der Waals surface area contributed by atoms with Crippen LogP contribution < -0.4 is 4.74 Å². The van der Waals surface area contributed by atoms with Crippen molar-refractivity contribution in [3.8, 4) is 5.75 Å². The molecule has 3 nitrogen and oxygen atoms in total. The van der Waals surface area contributed by atoms with Gasteiger partial charge in [0.05, 0.1) is 12.2 Å². The Morgan fingerprint density at radius 1 is 1.19 bits per heavy atom. The molecule has 21 heavy (non-hydrogen) atoms. The first-order valence-electron chi connectivity index (χ1n) is 6.50. The molecular weight excluding hydrogens is 291 g/mol. The molecule has 0 saturated carbocycles. The van der Waals surface area contributed by atoms with Crippen LogP contribution in [0.3, 0.4) is 0 Å². The third-order valence-corrected chi connectivity index (χ3v) is 3.80. The van der Waals surface area contributed by atoms with E-state index in [0.29, 0.717) is 17.9 Å². The van der Waals surface area contributed by atoms with E-state index in [1.807, 2.05) is 6.07 Å². The lowest BCUT2D eigenvalue weighted by Crippen LogP contribution is -1.99. The molecule has 1 N–H and O–H groups in total. The molecule has 0 unspecified atom stereocenters. The van der Waals surface area contributed by atoms with Crippen molar-refractivity contribution in [2.75, 3.05) is 12.4 Å². The van der Waals surface area contributed by atoms with Crippen LogP contribution in [0.25, 0.3) is 0 Å². The van der Waals surface area contributed by atoms with Gasteiger partial charge in [0.15, 0.2) is 0 Å². The maximum absolute atomic E-state index is 12.7. The minimum atomic E-state index is -0.919. The first-order chi connectivity index (χ1) is 10.1. The molecule has 0 saturated heterocycles. The largest absolute Gasteiger partial charge is 0.494 e. The monoisotopic (exact) mass is 306 g/mol. The standard InChI is InChI=1S/C16H15FO3S/c17-13-5-7-14(8-6-13)20-9-2-10-21-15-4-1-3-12(11-15)16(18)19/h1,3-8,11H,2,9-10H2,(H,18,19). The fourth-order valence-electron chi connectivity index (χ4n) is 1.69. The topological polar surface area (TPSA) is 46.5 Å². The van der Waals surface area contributed by atoms with Crippen LogP contribution in [0, 0.1) is 5.82 Å². The Balaban J connectivity index is 1.71. The Labute approximate surface area is 126 Å². The number of benzene rings is 2. The fourth-order valence-corrected chi connectivity index (χ4v) is 2.57. The number of carbonyl (C=O) groups is 1. The van der Waals surface area contributed by atoms with Crippen molar-refractivity contribution >= 4 is 17.7 Å². The molecule has 2 aromatic rings. The van der Waals surface area contributed by atoms with E-state index in [4.69, 9.17) is 9.84 Å². The first-order valence-corrected chi connectivity index (χ1v) is 7.48. The third-order valence-electron chi connectivity index (χ3n) is 2.72. The van der Waals surface area contributed by atoms with E-state index < -0.39 is 5.97 Å². The minimum Gasteiger partial charge on any atom is -0.494 e. The van der Waals surface area contributed by atoms with Gasteiger partial charge in [-0.25, -0.2) is 9.18 Å². The number of carboxylic acids is 1. The number of aromatic carboxylic acids is 1. The predicted octanol–water partition coefficient (Wildman–Crippen LogP) is 4.09. The Hall–Kier alpha value is -2.01. The number of rotatable bonds is 7. The molecular formula is C16H15FO3S. The second-order valence-electron chi connectivity index (χ2n) is 4.34. The van der Waals surface area contributed by atoms with Crippen molar-refractivity contribution in [1.29, 1.82) is 0 Å². The van der Waals surface area contributed by atoms with E-state index in [1.165, 1.54) is 12.1 Å². The molecule has 5 heteroatoms. The van der Waals surface area contributed by atoms with Gasteiger partial charge in [-0.1, -0.05) is 6.07 Å². The smallest absolute Gasteiger partial charge is 0.335 e. The van der Waals surface area contributed by atoms with Gasteiger partial charge in [-0.15, -0.1) is 11.8 Å². The zero-order valence-corrected chi connectivity index (χ0v) is 12.1. The van der Waals surface area contributed by atoms with Crippen LogP contribution in [0.5, 0.6) is 5.75 Å². The van der Waals surface area contributed by atoms with Crippen LogP contribution in [0.1, 0.15) is 16.8 Å². The molecule has 0 aliphatic heterocycles. The molecule has 0 spiro atoms. The maximum Gasteiger partial charge on any atom is 0.335 e. The van der Waals surface area contributed by atoms with Gasteiger partial charge in [-0.3, -0.25) is 0 Å². The van der Waals surface area contributed by atoms with Gasteiger partial charge in [-0.2, -0.15) is 0 Å². The zero-order chi connectivity index (χ0) is 15.1. The number of ether oxygens (including phenoxy) is 1. The van der Waals surface area contributed by atoms with Gasteiger partial charge >= 0.3 is 5.97 Å². The Morgan fingerprint density at radius 2 is 1.95 bits per heavy atom. The molecule has 0 atom stereocenters. The second-order valence-corrected chi connectivity index (χ2v) is 5.51. The molecule has 0 aliphatic rings. The van der Waals surface area contributed by atoms with Crippen LogP contribution in [-0.4, -0.2) is 23.4 Å². The van der Waals surface area contributed by atoms with Crippen molar-refractivity contribution in [2.45, 2.75) is 11.3 Å². The van der Waals surface area contributed by atoms with E-state index in [-0.39, 0.29) is 5.82 Å². The fraction of sp³-hybridized carbons (Fsp3) is 0.188. The Morgan fingerprint density at radius 3 is 2.67 bits per heavy atom. The number of halogens is 1. The lowest BCUT2D eigenvalue weighted by Gasteiger charge is -2.06. The van der Waals surface area contributed by atoms with Gasteiger partial charge < -0.3 is 9.84 Å². The van der Waals surface area contributed by atoms with Crippen LogP contribution in [-0.2, 0) is 0 Å². The van der Waals surface area contributed by atoms with Gasteiger partial charge in [-0.05, 0) is 48.9 Å². The summed E-state index contributed by atoms with van der Waals surface area (Å²) in [7, 11) is 0. The summed E-state index contributed by atoms with van der Waals surface area (Å²) in [6.45, 7) is 0.539. The van der Waals surface area contributed by atoms with Crippen LogP contribution >= 0.6 is 11.8 Å². The number of thioether (sulfide) groups is 1. The molecule has 0 amide bonds. The molecule has 2 rings (SSSR count). The summed E-state index contributed by atoms with van der Waals surface area (Å²) in [5.41, 5.74) is 0.294. The van der Waals surface area contributed by atoms with Gasteiger partial charge in [0, 0.05) is 10.6 Å². The highest BCUT2D eigenvalue weighted by Gasteiger charge is 2.03. The average Bonchev–Trinajstić information content (AvgIpc) is 2.49. The molecule has 0 aliphatic carbocycles. The highest BCUT2D eigenvalue weighted by molar-refractivity contribution is 7.99. The van der Waals surface area contributed by atoms with Crippen molar-refractivity contribution in [3.05, 3.63) is 59.9 Å². The molecule has 0 radical (unpaired) electrons. The second kappa shape index (κ2) is 7.69. The van der Waals surface area contributed by atoms with Crippen molar-refractivity contribution in [3.63, 3.8) is 0 Å². The quantitative estimate of drug-likeness (QED) is 0.618.